The predicted octanol–water partition coefficient (Wildman–Crippen LogP) is 5.32. The summed E-state index contributed by atoms with van der Waals surface area (Å²) in [6.45, 7) is 12.3. The zero-order valence-corrected chi connectivity index (χ0v) is 46.8. The molecule has 2 aromatic carbocycles. The quantitative estimate of drug-likeness (QED) is 0.134. The molecule has 4 aliphatic heterocycles. The van der Waals surface area contributed by atoms with Crippen LogP contribution in [0.5, 0.6) is 0 Å². The molecule has 0 aliphatic carbocycles. The number of urea groups is 2. The first kappa shape index (κ1) is 61.5. The number of carbonyl (C=O) groups excluding carboxylic acids is 5. The molecule has 2 aromatic heterocycles. The summed E-state index contributed by atoms with van der Waals surface area (Å²) >= 11 is 0. The van der Waals surface area contributed by atoms with Gasteiger partial charge in [-0.3, -0.25) is 14.4 Å². The van der Waals surface area contributed by atoms with Crippen LogP contribution in [0.2, 0.25) is 0 Å². The molecule has 0 spiro atoms. The molecule has 2 radical (unpaired) electrons. The van der Waals surface area contributed by atoms with Gasteiger partial charge in [-0.2, -0.15) is 0 Å². The van der Waals surface area contributed by atoms with E-state index in [0.717, 1.165) is 94.4 Å². The van der Waals surface area contributed by atoms with Gasteiger partial charge in [0.05, 0.1) is 24.5 Å². The van der Waals surface area contributed by atoms with Crippen LogP contribution in [0.3, 0.4) is 0 Å². The Bertz CT molecular complexity index is 2260. The second-order valence-electron chi connectivity index (χ2n) is 16.9. The van der Waals surface area contributed by atoms with Gasteiger partial charge in [0.1, 0.15) is 11.6 Å². The third-order valence-electron chi connectivity index (χ3n) is 11.4. The van der Waals surface area contributed by atoms with E-state index in [1.54, 1.807) is 22.2 Å². The molecule has 6 heterocycles. The molecule has 0 unspecified atom stereocenters. The first-order valence-corrected chi connectivity index (χ1v) is 22.3. The summed E-state index contributed by atoms with van der Waals surface area (Å²) in [5, 5.41) is 13.8. The van der Waals surface area contributed by atoms with Gasteiger partial charge in [-0.1, -0.05) is 35.4 Å². The van der Waals surface area contributed by atoms with Crippen LogP contribution >= 0.6 is 0 Å². The number of hydrogen-bond acceptors (Lipinski definition) is 14. The number of aliphatic carboxylic acids is 1. The molecule has 23 nitrogen and oxygen atoms in total. The van der Waals surface area contributed by atoms with Crippen molar-refractivity contribution in [2.75, 3.05) is 86.9 Å². The molecule has 4 saturated heterocycles. The minimum Gasteiger partial charge on any atom is -0.693 e. The smallest absolute Gasteiger partial charge is 0.320 e. The van der Waals surface area contributed by atoms with Crippen molar-refractivity contribution in [2.45, 2.75) is 65.5 Å². The number of rotatable bonds is 10. The number of aromatic nitrogens is 4. The van der Waals surface area contributed by atoms with Crippen LogP contribution in [0.15, 0.2) is 60.9 Å². The number of carbonyl (C=O) groups is 6. The summed E-state index contributed by atoms with van der Waals surface area (Å²) in [7, 11) is 3.67. The summed E-state index contributed by atoms with van der Waals surface area (Å²) in [6, 6.07) is 16.0. The molecule has 8 rings (SSSR count). The van der Waals surface area contributed by atoms with E-state index in [9.17, 15) is 19.2 Å². The predicted molar refractivity (Wildman–Crippen MR) is 264 cm³/mol. The molecular weight excluding hydrogens is 1070 g/mol. The first-order valence-electron chi connectivity index (χ1n) is 22.3. The van der Waals surface area contributed by atoms with Crippen LogP contribution in [-0.4, -0.2) is 159 Å². The summed E-state index contributed by atoms with van der Waals surface area (Å²) in [5.74, 6) is -0.679. The maximum atomic E-state index is 12.4. The number of aryl methyl sites for hydroxylation is 2. The Morgan fingerprint density at radius 1 is 0.634 bits per heavy atom. The Hall–Kier alpha value is -5.61. The van der Waals surface area contributed by atoms with E-state index in [4.69, 9.17) is 31.9 Å². The van der Waals surface area contributed by atoms with Crippen molar-refractivity contribution in [2.24, 2.45) is 11.5 Å². The number of piperidine rings is 2. The van der Waals surface area contributed by atoms with Gasteiger partial charge in [-0.25, -0.2) is 29.5 Å². The van der Waals surface area contributed by atoms with Crippen LogP contribution in [0.25, 0.3) is 11.9 Å². The molecule has 4 aromatic rings. The fourth-order valence-corrected chi connectivity index (χ4v) is 8.00. The number of amides is 7. The Balaban J connectivity index is 0.000000408. The molecule has 0 saturated carbocycles. The summed E-state index contributed by atoms with van der Waals surface area (Å²) in [5.41, 5.74) is 21.0. The molecule has 10 N–H and O–H groups in total. The number of nitrogens with zero attached hydrogens (tertiary/aromatic N) is 10. The monoisotopic (exact) mass is 1130 g/mol. The molecule has 4 fully saturated rings. The van der Waals surface area contributed by atoms with Crippen LogP contribution in [0.4, 0.5) is 44.2 Å². The second kappa shape index (κ2) is 29.0. The maximum absolute atomic E-state index is 12.4. The number of benzene rings is 2. The number of hydrogen-bond donors (Lipinski definition) is 5. The first-order chi connectivity index (χ1) is 32.3. The van der Waals surface area contributed by atoms with Gasteiger partial charge in [0.25, 0.3) is 17.8 Å². The number of carboxylic acids is 1. The third kappa shape index (κ3) is 17.9. The van der Waals surface area contributed by atoms with Crippen molar-refractivity contribution in [1.29, 1.82) is 0 Å². The Morgan fingerprint density at radius 2 is 0.958 bits per heavy atom. The van der Waals surface area contributed by atoms with E-state index in [0.29, 0.717) is 36.4 Å². The molecule has 25 heteroatoms. The number of nitrogens with one attached hydrogen (secondary N) is 3. The van der Waals surface area contributed by atoms with Gasteiger partial charge < -0.3 is 73.3 Å². The van der Waals surface area contributed by atoms with Gasteiger partial charge in [-0.15, -0.1) is 0 Å². The Morgan fingerprint density at radius 3 is 1.24 bits per heavy atom. The van der Waals surface area contributed by atoms with Gasteiger partial charge in [0, 0.05) is 156 Å². The molecule has 378 valence electrons. The number of likely N-dealkylation sites (N-methyl/N-ethyl adjacent to an activating group) is 2. The average molecular weight is 1130 g/mol. The summed E-state index contributed by atoms with van der Waals surface area (Å²) < 4.78 is 0. The van der Waals surface area contributed by atoms with E-state index in [1.165, 1.54) is 6.92 Å². The standard InChI is InChI=1S/2C21H27N7O2.C2H5NO.C2H4O2.H2N.2Y/c2*1-14-5-7-15(8-6-14)24-20-18(19(22)29)23-12-17(25-20)27-9-3-4-16(13-27)28-11-10-26(2)21(28)30;2*1-2(3)4;;;/h2*5-8,12,16H,3-4,9-11,13H2,1-2H3,(H2,22,29)(H,24,25);1H3,(H2,3,4);1H3,(H,3,4);1H2;;/q;;;;-1;;/p-1/t2*16-;;;;;/m11...../s1. The summed E-state index contributed by atoms with van der Waals surface area (Å²) in [6.07, 6.45) is 7.02. The SMILES string of the molecule is CC(=O)O.CC([NH-])=O.Cc1ccc(Nc2nc(N3CCC[C@@H](N4CCN(C)C4=O)C3)cnc2C(N)=O)cc1.Cc1ccc(Nc2nc(N3CCC[C@@H](N4CCN(C)C4=O)C3)cnc2C(N)=O)cc1.[NH2-].[Y].[Y]. The van der Waals surface area contributed by atoms with Crippen LogP contribution < -0.4 is 31.9 Å². The molecule has 4 aliphatic rings. The fraction of sp³-hybridized carbons (Fsp3) is 0.435. The summed E-state index contributed by atoms with van der Waals surface area (Å²) in [4.78, 5) is 96.2. The average Bonchev–Trinajstić information content (AvgIpc) is 3.82. The van der Waals surface area contributed by atoms with E-state index < -0.39 is 23.7 Å². The van der Waals surface area contributed by atoms with Crippen molar-refractivity contribution < 1.29 is 99.3 Å². The van der Waals surface area contributed by atoms with Crippen molar-refractivity contribution in [3.05, 3.63) is 95.3 Å². The van der Waals surface area contributed by atoms with E-state index in [2.05, 4.69) is 40.4 Å². The molecular formula is C46H64N16O7Y2-2. The van der Waals surface area contributed by atoms with E-state index in [1.807, 2.05) is 86.3 Å². The normalized spacial score (nSPS) is 17.0. The molecule has 7 amide bonds. The fourth-order valence-electron chi connectivity index (χ4n) is 8.00. The van der Waals surface area contributed by atoms with Gasteiger partial charge >= 0.3 is 12.1 Å². The minimum absolute atomic E-state index is 0. The largest absolute Gasteiger partial charge is 0.693 e. The topological polar surface area (TPSA) is 327 Å². The zero-order chi connectivity index (χ0) is 49.7. The maximum Gasteiger partial charge on any atom is 0.320 e. The molecule has 0 bridgehead atoms. The van der Waals surface area contributed by atoms with Crippen molar-refractivity contribution in [3.8, 4) is 0 Å². The van der Waals surface area contributed by atoms with Gasteiger partial charge in [0.2, 0.25) is 0 Å². The van der Waals surface area contributed by atoms with Crippen LogP contribution in [0, 0.1) is 13.8 Å². The number of carboxylic acid groups (broad SMARTS) is 1. The van der Waals surface area contributed by atoms with Crippen molar-refractivity contribution >= 4 is 70.4 Å². The number of anilines is 6. The minimum atomic E-state index is -0.833. The molecule has 2 atom stereocenters. The van der Waals surface area contributed by atoms with Gasteiger partial charge in [0.15, 0.2) is 23.0 Å². The second-order valence-corrected chi connectivity index (χ2v) is 16.9. The third-order valence-corrected chi connectivity index (χ3v) is 11.4. The van der Waals surface area contributed by atoms with E-state index in [-0.39, 0.29) is 107 Å². The van der Waals surface area contributed by atoms with Crippen LogP contribution in [-0.2, 0) is 75.0 Å². The zero-order valence-electron chi connectivity index (χ0n) is 41.2. The van der Waals surface area contributed by atoms with Crippen molar-refractivity contribution in [3.63, 3.8) is 0 Å². The Labute approximate surface area is 464 Å². The van der Waals surface area contributed by atoms with E-state index >= 15 is 0 Å². The molecule has 71 heavy (non-hydrogen) atoms. The van der Waals surface area contributed by atoms with Crippen molar-refractivity contribution in [1.82, 2.24) is 39.5 Å². The van der Waals surface area contributed by atoms with Gasteiger partial charge in [-0.05, 0) is 70.7 Å². The number of nitrogens with two attached hydrogens (primary N) is 3. The van der Waals surface area contributed by atoms with Crippen LogP contribution in [0.1, 0.15) is 71.6 Å². The Kier molecular flexibility index (Phi) is 25.2. The number of primary amides is 2.